The van der Waals surface area contributed by atoms with Crippen molar-refractivity contribution in [3.8, 4) is 0 Å². The van der Waals surface area contributed by atoms with Gasteiger partial charge in [0.25, 0.3) is 5.91 Å². The maximum Gasteiger partial charge on any atom is 0.257 e. The number of fused-ring (bicyclic) bond motifs is 5. The highest BCUT2D eigenvalue weighted by Gasteiger charge is 2.52. The van der Waals surface area contributed by atoms with Gasteiger partial charge in [-0.2, -0.15) is 0 Å². The van der Waals surface area contributed by atoms with Crippen LogP contribution in [0, 0.1) is 11.8 Å². The van der Waals surface area contributed by atoms with E-state index in [4.69, 9.17) is 0 Å². The molecule has 53 heavy (non-hydrogen) atoms. The molecule has 3 fully saturated rings. The molecule has 2 aromatic carbocycles. The summed E-state index contributed by atoms with van der Waals surface area (Å²) in [5, 5.41) is 18.4. The number of carbonyl (C=O) groups is 6. The third kappa shape index (κ3) is 7.53. The van der Waals surface area contributed by atoms with Gasteiger partial charge in [0.2, 0.25) is 29.5 Å². The number of nitrogens with one attached hydrogen (secondary N) is 2. The van der Waals surface area contributed by atoms with Gasteiger partial charge in [-0.15, -0.1) is 0 Å². The Morgan fingerprint density at radius 2 is 1.43 bits per heavy atom. The van der Waals surface area contributed by atoms with Crippen LogP contribution in [0.4, 0.5) is 0 Å². The van der Waals surface area contributed by atoms with E-state index in [1.54, 1.807) is 34.1 Å². The van der Waals surface area contributed by atoms with E-state index < -0.39 is 60.1 Å². The number of amides is 6. The summed E-state index contributed by atoms with van der Waals surface area (Å²) in [5.41, 5.74) is -0.882. The standard InChI is InChI=1S/C40H52N6O7/c1-5-26(4)34-39(52)45-20-12-18-32(45)38(51)44-19-11-17-31(44)37(50)43(22-27-13-7-6-8-14-27)24-40(53)29-16-10-9-15-28(29)36(49)46(40)23-33(47)41-30(21-25(2)3)35(48)42-34/h6-10,13-16,25-26,30-32,34,53H,5,11-12,17-24H2,1-4H3,(H,41,47)(H,42,48)/t26-,30-,31-,32-,34-,40-/m0/s1. The predicted molar refractivity (Wildman–Crippen MR) is 195 cm³/mol. The van der Waals surface area contributed by atoms with Crippen molar-refractivity contribution in [1.82, 2.24) is 30.2 Å². The van der Waals surface area contributed by atoms with Crippen molar-refractivity contribution in [3.05, 3.63) is 71.3 Å². The third-order valence-corrected chi connectivity index (χ3v) is 11.3. The fraction of sp³-hybridized carbons (Fsp3) is 0.550. The number of aliphatic hydroxyl groups is 1. The lowest BCUT2D eigenvalue weighted by molar-refractivity contribution is -0.156. The fourth-order valence-electron chi connectivity index (χ4n) is 8.31. The maximum absolute atomic E-state index is 14.8. The lowest BCUT2D eigenvalue weighted by atomic mass is 9.95. The summed E-state index contributed by atoms with van der Waals surface area (Å²) in [6.45, 7) is 7.36. The van der Waals surface area contributed by atoms with Crippen LogP contribution in [0.1, 0.15) is 87.7 Å². The summed E-state index contributed by atoms with van der Waals surface area (Å²) in [4.78, 5) is 91.1. The summed E-state index contributed by atoms with van der Waals surface area (Å²) in [5.74, 6) is -3.19. The number of rotatable bonds is 6. The Kier molecular flexibility index (Phi) is 11.2. The molecule has 6 rings (SSSR count). The van der Waals surface area contributed by atoms with Gasteiger partial charge in [0.1, 0.15) is 30.7 Å². The minimum atomic E-state index is -2.11. The molecular formula is C40H52N6O7. The molecule has 4 aliphatic heterocycles. The highest BCUT2D eigenvalue weighted by molar-refractivity contribution is 6.02. The summed E-state index contributed by atoms with van der Waals surface area (Å²) in [7, 11) is 0. The molecule has 13 nitrogen and oxygen atoms in total. The molecule has 13 heteroatoms. The Balaban J connectivity index is 1.45. The van der Waals surface area contributed by atoms with Crippen LogP contribution < -0.4 is 10.6 Å². The molecule has 4 heterocycles. The van der Waals surface area contributed by atoms with Gasteiger partial charge >= 0.3 is 0 Å². The predicted octanol–water partition coefficient (Wildman–Crippen LogP) is 2.37. The van der Waals surface area contributed by atoms with E-state index in [9.17, 15) is 33.9 Å². The molecule has 0 radical (unpaired) electrons. The van der Waals surface area contributed by atoms with Crippen LogP contribution in [0.2, 0.25) is 0 Å². The maximum atomic E-state index is 14.8. The molecule has 0 spiro atoms. The number of carbonyl (C=O) groups excluding carboxylic acids is 6. The number of benzene rings is 2. The van der Waals surface area contributed by atoms with E-state index in [-0.39, 0.29) is 54.3 Å². The molecule has 0 bridgehead atoms. The molecule has 4 aliphatic rings. The highest BCUT2D eigenvalue weighted by Crippen LogP contribution is 2.39. The third-order valence-electron chi connectivity index (χ3n) is 11.3. The SMILES string of the molecule is CC[C@H](C)[C@@H]1NC(=O)[C@H](CC(C)C)NC(=O)CN2C(=O)c3ccccc3[C@@]2(O)CN(Cc2ccccc2)C(=O)[C@@H]2CCCN2C(=O)[C@@H]2CCCN2C1=O. The average Bonchev–Trinajstić information content (AvgIpc) is 3.88. The number of nitrogens with zero attached hydrogens (tertiary/aromatic N) is 4. The zero-order chi connectivity index (χ0) is 38.0. The molecule has 3 saturated heterocycles. The van der Waals surface area contributed by atoms with Crippen molar-refractivity contribution < 1.29 is 33.9 Å². The molecule has 0 aliphatic carbocycles. The van der Waals surface area contributed by atoms with Crippen LogP contribution in [0.5, 0.6) is 0 Å². The Morgan fingerprint density at radius 3 is 2.09 bits per heavy atom. The second-order valence-electron chi connectivity index (χ2n) is 15.4. The zero-order valence-electron chi connectivity index (χ0n) is 31.1. The van der Waals surface area contributed by atoms with Gasteiger partial charge < -0.3 is 30.4 Å². The minimum Gasteiger partial charge on any atom is -0.365 e. The van der Waals surface area contributed by atoms with E-state index >= 15 is 0 Å². The number of β-amino-alcohol motifs (C(OH)–C–C–N with tert-alkyl or cyclic N) is 1. The minimum absolute atomic E-state index is 0.0252. The Labute approximate surface area is 311 Å². The fourth-order valence-corrected chi connectivity index (χ4v) is 8.31. The van der Waals surface area contributed by atoms with Crippen molar-refractivity contribution in [2.75, 3.05) is 26.2 Å². The first-order chi connectivity index (χ1) is 25.3. The Bertz CT molecular complexity index is 1730. The summed E-state index contributed by atoms with van der Waals surface area (Å²) in [6.07, 6.45) is 2.80. The van der Waals surface area contributed by atoms with E-state index in [0.717, 1.165) is 10.5 Å². The Hall–Kier alpha value is -4.78. The van der Waals surface area contributed by atoms with Gasteiger partial charge in [-0.05, 0) is 55.6 Å². The number of hydrogen-bond acceptors (Lipinski definition) is 7. The average molecular weight is 729 g/mol. The second-order valence-corrected chi connectivity index (χ2v) is 15.4. The van der Waals surface area contributed by atoms with Crippen LogP contribution in [0.15, 0.2) is 54.6 Å². The van der Waals surface area contributed by atoms with Crippen LogP contribution in [0.25, 0.3) is 0 Å². The first-order valence-electron chi connectivity index (χ1n) is 19.0. The molecule has 284 valence electrons. The zero-order valence-corrected chi connectivity index (χ0v) is 31.1. The normalized spacial score (nSPS) is 27.9. The topological polar surface area (TPSA) is 160 Å². The van der Waals surface area contributed by atoms with Gasteiger partial charge in [0.15, 0.2) is 5.72 Å². The molecule has 0 unspecified atom stereocenters. The molecule has 0 aromatic heterocycles. The summed E-state index contributed by atoms with van der Waals surface area (Å²) >= 11 is 0. The van der Waals surface area contributed by atoms with E-state index in [2.05, 4.69) is 10.6 Å². The van der Waals surface area contributed by atoms with Crippen molar-refractivity contribution in [3.63, 3.8) is 0 Å². The van der Waals surface area contributed by atoms with Crippen molar-refractivity contribution in [2.24, 2.45) is 11.8 Å². The van der Waals surface area contributed by atoms with Gasteiger partial charge in [0.05, 0.1) is 6.54 Å². The molecule has 2 aromatic rings. The van der Waals surface area contributed by atoms with E-state index in [1.165, 1.54) is 4.90 Å². The lowest BCUT2D eigenvalue weighted by Crippen LogP contribution is -2.61. The first-order valence-corrected chi connectivity index (χ1v) is 19.0. The van der Waals surface area contributed by atoms with E-state index in [0.29, 0.717) is 45.2 Å². The van der Waals surface area contributed by atoms with Gasteiger partial charge in [-0.1, -0.05) is 82.6 Å². The van der Waals surface area contributed by atoms with E-state index in [1.807, 2.05) is 58.0 Å². The largest absolute Gasteiger partial charge is 0.365 e. The molecular weight excluding hydrogens is 676 g/mol. The van der Waals surface area contributed by atoms with Crippen molar-refractivity contribution >= 4 is 35.4 Å². The lowest BCUT2D eigenvalue weighted by Gasteiger charge is -2.40. The molecule has 6 atom stereocenters. The van der Waals surface area contributed by atoms with Crippen molar-refractivity contribution in [2.45, 2.75) is 103 Å². The summed E-state index contributed by atoms with van der Waals surface area (Å²) in [6, 6.07) is 12.1. The first kappa shape index (κ1) is 38.0. The molecule has 3 N–H and O–H groups in total. The van der Waals surface area contributed by atoms with Crippen LogP contribution in [-0.4, -0.2) is 110 Å². The van der Waals surface area contributed by atoms with Gasteiger partial charge in [-0.3, -0.25) is 33.7 Å². The highest BCUT2D eigenvalue weighted by atomic mass is 16.3. The van der Waals surface area contributed by atoms with Crippen LogP contribution in [-0.2, 0) is 36.2 Å². The van der Waals surface area contributed by atoms with Crippen molar-refractivity contribution in [1.29, 1.82) is 0 Å². The van der Waals surface area contributed by atoms with Crippen LogP contribution >= 0.6 is 0 Å². The molecule has 6 amide bonds. The van der Waals surface area contributed by atoms with Crippen LogP contribution in [0.3, 0.4) is 0 Å². The number of hydrogen-bond donors (Lipinski definition) is 3. The molecule has 0 saturated carbocycles. The van der Waals surface area contributed by atoms with Gasteiger partial charge in [0, 0.05) is 30.8 Å². The summed E-state index contributed by atoms with van der Waals surface area (Å²) < 4.78 is 0. The Morgan fingerprint density at radius 1 is 0.811 bits per heavy atom. The smallest absolute Gasteiger partial charge is 0.257 e. The second kappa shape index (κ2) is 15.7. The monoisotopic (exact) mass is 728 g/mol. The quantitative estimate of drug-likeness (QED) is 0.412. The van der Waals surface area contributed by atoms with Gasteiger partial charge in [-0.25, -0.2) is 0 Å².